The molecule has 0 fully saturated rings. The number of hydrogen-bond acceptors (Lipinski definition) is 5. The van der Waals surface area contributed by atoms with Crippen molar-refractivity contribution in [3.63, 3.8) is 0 Å². The van der Waals surface area contributed by atoms with Gasteiger partial charge in [-0.15, -0.1) is 0 Å². The van der Waals surface area contributed by atoms with Crippen LogP contribution < -0.4 is 10.5 Å². The van der Waals surface area contributed by atoms with Crippen LogP contribution in [-0.2, 0) is 26.2 Å². The zero-order valence-electron chi connectivity index (χ0n) is 12.9. The molecular weight excluding hydrogens is 368 g/mol. The standard InChI is InChI=1S/C16H15ClN2O5S/c17-14-4-2-1-3-12(14)10-24-16(21)11-5-7-13(8-6-11)25(22,23)19-9-15(18)20/h1-8,19H,9-10H2,(H2,18,20). The lowest BCUT2D eigenvalue weighted by Gasteiger charge is -2.08. The number of carbonyl (C=O) groups excluding carboxylic acids is 2. The summed E-state index contributed by atoms with van der Waals surface area (Å²) in [6.07, 6.45) is 0. The van der Waals surface area contributed by atoms with Crippen LogP contribution in [0.2, 0.25) is 5.02 Å². The Balaban J connectivity index is 2.03. The number of amides is 1. The summed E-state index contributed by atoms with van der Waals surface area (Å²) in [4.78, 5) is 22.6. The molecule has 132 valence electrons. The normalized spacial score (nSPS) is 11.1. The number of carbonyl (C=O) groups is 2. The summed E-state index contributed by atoms with van der Waals surface area (Å²) in [7, 11) is -3.88. The van der Waals surface area contributed by atoms with Gasteiger partial charge in [0.05, 0.1) is 17.0 Å². The van der Waals surface area contributed by atoms with Crippen molar-refractivity contribution < 1.29 is 22.7 Å². The average Bonchev–Trinajstić information content (AvgIpc) is 2.59. The van der Waals surface area contributed by atoms with E-state index in [9.17, 15) is 18.0 Å². The Kier molecular flexibility index (Phi) is 6.13. The number of primary amides is 1. The Morgan fingerprint density at radius 3 is 2.32 bits per heavy atom. The Morgan fingerprint density at radius 2 is 1.72 bits per heavy atom. The summed E-state index contributed by atoms with van der Waals surface area (Å²) in [6.45, 7) is -0.511. The molecule has 0 bridgehead atoms. The van der Waals surface area contributed by atoms with Gasteiger partial charge in [0.1, 0.15) is 6.61 Å². The number of nitrogens with one attached hydrogen (secondary N) is 1. The molecule has 0 unspecified atom stereocenters. The second-order valence-electron chi connectivity index (χ2n) is 4.98. The highest BCUT2D eigenvalue weighted by Crippen LogP contribution is 2.17. The van der Waals surface area contributed by atoms with Crippen molar-refractivity contribution in [2.24, 2.45) is 5.73 Å². The molecule has 0 aliphatic rings. The Bertz CT molecular complexity index is 882. The summed E-state index contributed by atoms with van der Waals surface area (Å²) >= 11 is 5.98. The van der Waals surface area contributed by atoms with Crippen LogP contribution in [0.5, 0.6) is 0 Å². The van der Waals surface area contributed by atoms with Crippen LogP contribution in [-0.4, -0.2) is 26.8 Å². The van der Waals surface area contributed by atoms with Gasteiger partial charge in [0.2, 0.25) is 15.9 Å². The number of esters is 1. The zero-order chi connectivity index (χ0) is 18.4. The van der Waals surface area contributed by atoms with Crippen LogP contribution in [0.3, 0.4) is 0 Å². The van der Waals surface area contributed by atoms with E-state index < -0.39 is 28.4 Å². The zero-order valence-corrected chi connectivity index (χ0v) is 14.5. The van der Waals surface area contributed by atoms with Crippen LogP contribution in [0, 0.1) is 0 Å². The molecule has 0 aliphatic heterocycles. The van der Waals surface area contributed by atoms with E-state index in [2.05, 4.69) is 0 Å². The molecule has 0 aliphatic carbocycles. The first kappa shape index (κ1) is 18.9. The third kappa shape index (κ3) is 5.28. The number of sulfonamides is 1. The molecule has 2 rings (SSSR count). The van der Waals surface area contributed by atoms with E-state index in [4.69, 9.17) is 22.1 Å². The number of ether oxygens (including phenoxy) is 1. The molecule has 0 heterocycles. The monoisotopic (exact) mass is 382 g/mol. The number of hydrogen-bond donors (Lipinski definition) is 2. The van der Waals surface area contributed by atoms with Crippen molar-refractivity contribution >= 4 is 33.5 Å². The summed E-state index contributed by atoms with van der Waals surface area (Å²) in [5.74, 6) is -1.42. The van der Waals surface area contributed by atoms with Gasteiger partial charge < -0.3 is 10.5 Å². The summed E-state index contributed by atoms with van der Waals surface area (Å²) < 4.78 is 31.0. The van der Waals surface area contributed by atoms with Gasteiger partial charge in [-0.2, -0.15) is 0 Å². The SMILES string of the molecule is NC(=O)CNS(=O)(=O)c1ccc(C(=O)OCc2ccccc2Cl)cc1. The fourth-order valence-corrected chi connectivity index (χ4v) is 3.05. The summed E-state index contributed by atoms with van der Waals surface area (Å²) in [5.41, 5.74) is 5.74. The molecule has 2 aromatic rings. The number of rotatable bonds is 7. The van der Waals surface area contributed by atoms with Crippen molar-refractivity contribution in [1.29, 1.82) is 0 Å². The van der Waals surface area contributed by atoms with Crippen molar-refractivity contribution in [2.45, 2.75) is 11.5 Å². The van der Waals surface area contributed by atoms with E-state index in [0.717, 1.165) is 0 Å². The lowest BCUT2D eigenvalue weighted by Crippen LogP contribution is -2.33. The van der Waals surface area contributed by atoms with E-state index in [1.807, 2.05) is 4.72 Å². The third-order valence-electron chi connectivity index (χ3n) is 3.15. The fourth-order valence-electron chi connectivity index (χ4n) is 1.86. The molecule has 1 amide bonds. The predicted molar refractivity (Wildman–Crippen MR) is 91.4 cm³/mol. The molecule has 0 spiro atoms. The Morgan fingerprint density at radius 1 is 1.08 bits per heavy atom. The molecule has 25 heavy (non-hydrogen) atoms. The van der Waals surface area contributed by atoms with Crippen LogP contribution in [0.15, 0.2) is 53.4 Å². The maximum atomic E-state index is 12.0. The molecule has 0 saturated carbocycles. The van der Waals surface area contributed by atoms with Gasteiger partial charge in [-0.25, -0.2) is 17.9 Å². The number of nitrogens with two attached hydrogens (primary N) is 1. The fraction of sp³-hybridized carbons (Fsp3) is 0.125. The summed E-state index contributed by atoms with van der Waals surface area (Å²) in [6, 6.07) is 12.0. The second kappa shape index (κ2) is 8.11. The maximum Gasteiger partial charge on any atom is 0.338 e. The Labute approximate surface area is 149 Å². The minimum atomic E-state index is -3.88. The van der Waals surface area contributed by atoms with Crippen molar-refractivity contribution in [3.05, 3.63) is 64.7 Å². The van der Waals surface area contributed by atoms with Gasteiger partial charge in [-0.1, -0.05) is 29.8 Å². The molecule has 0 aromatic heterocycles. The maximum absolute atomic E-state index is 12.0. The second-order valence-corrected chi connectivity index (χ2v) is 7.16. The highest BCUT2D eigenvalue weighted by molar-refractivity contribution is 7.89. The summed E-state index contributed by atoms with van der Waals surface area (Å²) in [5, 5.41) is 0.484. The van der Waals surface area contributed by atoms with E-state index in [1.54, 1.807) is 24.3 Å². The van der Waals surface area contributed by atoms with E-state index in [0.29, 0.717) is 10.6 Å². The van der Waals surface area contributed by atoms with Crippen LogP contribution in [0.25, 0.3) is 0 Å². The minimum Gasteiger partial charge on any atom is -0.457 e. The average molecular weight is 383 g/mol. The van der Waals surface area contributed by atoms with E-state index >= 15 is 0 Å². The molecule has 0 atom stereocenters. The van der Waals surface area contributed by atoms with E-state index in [-0.39, 0.29) is 17.1 Å². The Hall–Kier alpha value is -2.42. The lowest BCUT2D eigenvalue weighted by molar-refractivity contribution is -0.116. The van der Waals surface area contributed by atoms with Crippen molar-refractivity contribution in [2.75, 3.05) is 6.54 Å². The predicted octanol–water partition coefficient (Wildman–Crippen LogP) is 1.46. The first-order valence-corrected chi connectivity index (χ1v) is 8.94. The third-order valence-corrected chi connectivity index (χ3v) is 4.94. The van der Waals surface area contributed by atoms with Gasteiger partial charge in [0, 0.05) is 10.6 Å². The van der Waals surface area contributed by atoms with Gasteiger partial charge >= 0.3 is 5.97 Å². The molecule has 9 heteroatoms. The van der Waals surface area contributed by atoms with Gasteiger partial charge in [0.25, 0.3) is 0 Å². The van der Waals surface area contributed by atoms with Gasteiger partial charge in [0.15, 0.2) is 0 Å². The largest absolute Gasteiger partial charge is 0.457 e. The van der Waals surface area contributed by atoms with Crippen molar-refractivity contribution in [1.82, 2.24) is 4.72 Å². The molecule has 0 saturated heterocycles. The first-order chi connectivity index (χ1) is 11.8. The van der Waals surface area contributed by atoms with Crippen LogP contribution in [0.1, 0.15) is 15.9 Å². The molecular formula is C16H15ClN2O5S. The topological polar surface area (TPSA) is 116 Å². The quantitative estimate of drug-likeness (QED) is 0.703. The van der Waals surface area contributed by atoms with Gasteiger partial charge in [-0.3, -0.25) is 4.79 Å². The van der Waals surface area contributed by atoms with E-state index in [1.165, 1.54) is 24.3 Å². The van der Waals surface area contributed by atoms with Crippen LogP contribution >= 0.6 is 11.6 Å². The smallest absolute Gasteiger partial charge is 0.338 e. The van der Waals surface area contributed by atoms with Gasteiger partial charge in [-0.05, 0) is 30.3 Å². The molecule has 3 N–H and O–H groups in total. The van der Waals surface area contributed by atoms with Crippen molar-refractivity contribution in [3.8, 4) is 0 Å². The molecule has 7 nitrogen and oxygen atoms in total. The van der Waals surface area contributed by atoms with Crippen LogP contribution in [0.4, 0.5) is 0 Å². The highest BCUT2D eigenvalue weighted by Gasteiger charge is 2.16. The minimum absolute atomic E-state index is 0.00127. The molecule has 0 radical (unpaired) electrons. The number of halogens is 1. The molecule has 2 aromatic carbocycles. The lowest BCUT2D eigenvalue weighted by atomic mass is 10.2. The highest BCUT2D eigenvalue weighted by atomic mass is 35.5. The first-order valence-electron chi connectivity index (χ1n) is 7.08. The number of benzene rings is 2.